The number of anilines is 1. The number of aryl methyl sites for hydroxylation is 1. The molecule has 0 atom stereocenters. The largest absolute Gasteiger partial charge is 0.496 e. The van der Waals surface area contributed by atoms with Gasteiger partial charge in [-0.15, -0.1) is 0 Å². The zero-order valence-electron chi connectivity index (χ0n) is 9.77. The van der Waals surface area contributed by atoms with Gasteiger partial charge in [0, 0.05) is 17.8 Å². The van der Waals surface area contributed by atoms with Crippen LogP contribution in [0.5, 0.6) is 5.75 Å². The lowest BCUT2D eigenvalue weighted by molar-refractivity contribution is 0.420. The normalized spacial score (nSPS) is 11.2. The molecule has 86 valence electrons. The molecular formula is C13H13N3O. The lowest BCUT2D eigenvalue weighted by atomic mass is 10.1. The van der Waals surface area contributed by atoms with Gasteiger partial charge in [0.2, 0.25) is 0 Å². The summed E-state index contributed by atoms with van der Waals surface area (Å²) in [7, 11) is 3.69. The van der Waals surface area contributed by atoms with E-state index in [0.717, 1.165) is 27.6 Å². The number of aromatic nitrogens is 2. The smallest absolute Gasteiger partial charge is 0.128 e. The summed E-state index contributed by atoms with van der Waals surface area (Å²) in [6.45, 7) is 0. The van der Waals surface area contributed by atoms with E-state index in [1.807, 2.05) is 25.2 Å². The van der Waals surface area contributed by atoms with Crippen molar-refractivity contribution in [1.82, 2.24) is 9.55 Å². The standard InChI is InChI=1S/C13H13N3O/c1-16-9-4-3-5-11(17-2)13(9)8-6-12(14)15-7-10(8)16/h3-7H,1-2H3,(H2,14,15). The molecule has 4 heteroatoms. The summed E-state index contributed by atoms with van der Waals surface area (Å²) >= 11 is 0. The first kappa shape index (κ1) is 9.96. The van der Waals surface area contributed by atoms with Crippen molar-refractivity contribution < 1.29 is 4.74 Å². The van der Waals surface area contributed by atoms with Gasteiger partial charge in [-0.25, -0.2) is 4.98 Å². The van der Waals surface area contributed by atoms with Crippen LogP contribution in [-0.4, -0.2) is 16.7 Å². The third-order valence-electron chi connectivity index (χ3n) is 3.12. The minimum atomic E-state index is 0.524. The number of rotatable bonds is 1. The number of ether oxygens (including phenoxy) is 1. The molecule has 2 heterocycles. The summed E-state index contributed by atoms with van der Waals surface area (Å²) in [5.74, 6) is 1.38. The second kappa shape index (κ2) is 3.38. The van der Waals surface area contributed by atoms with E-state index in [4.69, 9.17) is 10.5 Å². The molecule has 0 aliphatic rings. The summed E-state index contributed by atoms with van der Waals surface area (Å²) in [6, 6.07) is 7.89. The fourth-order valence-electron chi connectivity index (χ4n) is 2.30. The van der Waals surface area contributed by atoms with Crippen LogP contribution < -0.4 is 10.5 Å². The third-order valence-corrected chi connectivity index (χ3v) is 3.12. The van der Waals surface area contributed by atoms with E-state index in [9.17, 15) is 0 Å². The number of nitrogens with two attached hydrogens (primary N) is 1. The van der Waals surface area contributed by atoms with Crippen molar-refractivity contribution in [2.75, 3.05) is 12.8 Å². The van der Waals surface area contributed by atoms with Crippen LogP contribution in [0.1, 0.15) is 0 Å². The van der Waals surface area contributed by atoms with Gasteiger partial charge in [-0.1, -0.05) is 6.07 Å². The van der Waals surface area contributed by atoms with Gasteiger partial charge in [0.1, 0.15) is 11.6 Å². The van der Waals surface area contributed by atoms with Gasteiger partial charge in [0.05, 0.1) is 24.3 Å². The molecule has 0 fully saturated rings. The molecule has 0 aliphatic carbocycles. The molecule has 4 nitrogen and oxygen atoms in total. The highest BCUT2D eigenvalue weighted by molar-refractivity contribution is 6.11. The number of nitrogen functional groups attached to an aromatic ring is 1. The maximum atomic E-state index is 5.75. The fraction of sp³-hybridized carbons (Fsp3) is 0.154. The Morgan fingerprint density at radius 1 is 1.29 bits per heavy atom. The minimum absolute atomic E-state index is 0.524. The first-order valence-electron chi connectivity index (χ1n) is 5.39. The predicted octanol–water partition coefficient (Wildman–Crippen LogP) is 2.32. The number of hydrogen-bond donors (Lipinski definition) is 1. The number of hydrogen-bond acceptors (Lipinski definition) is 3. The summed E-state index contributed by atoms with van der Waals surface area (Å²) in [4.78, 5) is 4.14. The monoisotopic (exact) mass is 227 g/mol. The van der Waals surface area contributed by atoms with Gasteiger partial charge in [-0.05, 0) is 18.2 Å². The SMILES string of the molecule is COc1cccc2c1c1cc(N)ncc1n2C. The number of nitrogens with zero attached hydrogens (tertiary/aromatic N) is 2. The Morgan fingerprint density at radius 2 is 2.12 bits per heavy atom. The number of benzene rings is 1. The Kier molecular flexibility index (Phi) is 1.98. The molecule has 0 saturated carbocycles. The van der Waals surface area contributed by atoms with E-state index >= 15 is 0 Å². The van der Waals surface area contributed by atoms with E-state index in [1.54, 1.807) is 13.3 Å². The predicted molar refractivity (Wildman–Crippen MR) is 69.2 cm³/mol. The van der Waals surface area contributed by atoms with Crippen molar-refractivity contribution in [3.8, 4) is 5.75 Å². The van der Waals surface area contributed by atoms with Gasteiger partial charge >= 0.3 is 0 Å². The molecule has 1 aromatic carbocycles. The molecule has 3 rings (SSSR count). The molecule has 2 aromatic heterocycles. The van der Waals surface area contributed by atoms with Crippen LogP contribution in [0, 0.1) is 0 Å². The molecule has 0 saturated heterocycles. The van der Waals surface area contributed by atoms with Crippen molar-refractivity contribution in [3.05, 3.63) is 30.5 Å². The van der Waals surface area contributed by atoms with Gasteiger partial charge in [0.15, 0.2) is 0 Å². The van der Waals surface area contributed by atoms with Crippen LogP contribution in [0.15, 0.2) is 30.5 Å². The van der Waals surface area contributed by atoms with Gasteiger partial charge in [-0.3, -0.25) is 0 Å². The topological polar surface area (TPSA) is 53.1 Å². The van der Waals surface area contributed by atoms with E-state index < -0.39 is 0 Å². The molecular weight excluding hydrogens is 214 g/mol. The van der Waals surface area contributed by atoms with E-state index in [1.165, 1.54) is 0 Å². The second-order valence-electron chi connectivity index (χ2n) is 4.04. The Morgan fingerprint density at radius 3 is 2.88 bits per heavy atom. The van der Waals surface area contributed by atoms with E-state index in [-0.39, 0.29) is 0 Å². The fourth-order valence-corrected chi connectivity index (χ4v) is 2.30. The highest BCUT2D eigenvalue weighted by Crippen LogP contribution is 2.34. The molecule has 0 aliphatic heterocycles. The molecule has 0 unspecified atom stereocenters. The van der Waals surface area contributed by atoms with Crippen molar-refractivity contribution in [2.45, 2.75) is 0 Å². The first-order valence-corrected chi connectivity index (χ1v) is 5.39. The van der Waals surface area contributed by atoms with E-state index in [0.29, 0.717) is 5.82 Å². The molecule has 17 heavy (non-hydrogen) atoms. The van der Waals surface area contributed by atoms with Gasteiger partial charge < -0.3 is 15.0 Å². The first-order chi connectivity index (χ1) is 8.22. The van der Waals surface area contributed by atoms with Gasteiger partial charge in [0.25, 0.3) is 0 Å². The number of pyridine rings is 1. The van der Waals surface area contributed by atoms with Crippen molar-refractivity contribution in [1.29, 1.82) is 0 Å². The van der Waals surface area contributed by atoms with Crippen molar-refractivity contribution in [2.24, 2.45) is 7.05 Å². The lowest BCUT2D eigenvalue weighted by Gasteiger charge is -2.02. The quantitative estimate of drug-likeness (QED) is 0.694. The van der Waals surface area contributed by atoms with Crippen LogP contribution in [0.3, 0.4) is 0 Å². The van der Waals surface area contributed by atoms with Crippen LogP contribution in [0.25, 0.3) is 21.8 Å². The molecule has 0 amide bonds. The maximum absolute atomic E-state index is 5.75. The Balaban J connectivity index is 2.60. The summed E-state index contributed by atoms with van der Waals surface area (Å²) in [5.41, 5.74) is 7.93. The molecule has 0 bridgehead atoms. The Bertz CT molecular complexity index is 715. The van der Waals surface area contributed by atoms with Crippen LogP contribution in [-0.2, 0) is 7.05 Å². The molecule has 2 N–H and O–H groups in total. The number of methoxy groups -OCH3 is 1. The summed E-state index contributed by atoms with van der Waals surface area (Å²) < 4.78 is 7.51. The lowest BCUT2D eigenvalue weighted by Crippen LogP contribution is -1.90. The average molecular weight is 227 g/mol. The van der Waals surface area contributed by atoms with Crippen LogP contribution in [0.2, 0.25) is 0 Å². The molecule has 0 spiro atoms. The van der Waals surface area contributed by atoms with Crippen LogP contribution >= 0.6 is 0 Å². The third kappa shape index (κ3) is 1.27. The van der Waals surface area contributed by atoms with E-state index in [2.05, 4.69) is 15.6 Å². The Labute approximate surface area is 98.6 Å². The second-order valence-corrected chi connectivity index (χ2v) is 4.04. The molecule has 0 radical (unpaired) electrons. The minimum Gasteiger partial charge on any atom is -0.496 e. The average Bonchev–Trinajstić information content (AvgIpc) is 2.63. The maximum Gasteiger partial charge on any atom is 0.128 e. The van der Waals surface area contributed by atoms with Crippen LogP contribution in [0.4, 0.5) is 5.82 Å². The number of fused-ring (bicyclic) bond motifs is 3. The Hall–Kier alpha value is -2.23. The highest BCUT2D eigenvalue weighted by atomic mass is 16.5. The summed E-state index contributed by atoms with van der Waals surface area (Å²) in [5, 5.41) is 2.16. The zero-order chi connectivity index (χ0) is 12.0. The molecule has 3 aromatic rings. The zero-order valence-corrected chi connectivity index (χ0v) is 9.77. The highest BCUT2D eigenvalue weighted by Gasteiger charge is 2.12. The van der Waals surface area contributed by atoms with Crippen molar-refractivity contribution >= 4 is 27.6 Å². The van der Waals surface area contributed by atoms with Crippen molar-refractivity contribution in [3.63, 3.8) is 0 Å². The summed E-state index contributed by atoms with van der Waals surface area (Å²) in [6.07, 6.45) is 1.80. The van der Waals surface area contributed by atoms with Gasteiger partial charge in [-0.2, -0.15) is 0 Å².